The summed E-state index contributed by atoms with van der Waals surface area (Å²) in [5.41, 5.74) is 2.67. The Balaban J connectivity index is 1.40. The topological polar surface area (TPSA) is 55.6 Å². The number of nitrogens with zero attached hydrogens (tertiary/aromatic N) is 2. The van der Waals surface area contributed by atoms with E-state index in [-0.39, 0.29) is 11.9 Å². The molecule has 0 aliphatic carbocycles. The van der Waals surface area contributed by atoms with Crippen molar-refractivity contribution in [1.29, 1.82) is 0 Å². The summed E-state index contributed by atoms with van der Waals surface area (Å²) in [7, 11) is 1.63. The molecule has 0 radical (unpaired) electrons. The number of methoxy groups -OCH3 is 1. The molecule has 1 saturated heterocycles. The fourth-order valence-corrected chi connectivity index (χ4v) is 5.06. The van der Waals surface area contributed by atoms with Gasteiger partial charge >= 0.3 is 0 Å². The summed E-state index contributed by atoms with van der Waals surface area (Å²) in [6, 6.07) is 13.9. The lowest BCUT2D eigenvalue weighted by Gasteiger charge is -2.23. The van der Waals surface area contributed by atoms with Crippen LogP contribution in [-0.2, 0) is 11.2 Å². The standard InChI is InChI=1S/C22H20N2O3S/c1-26-15-8-9-16-14(13-27-19(16)12-15)11-21(25)24-10-4-6-18(24)22-23-17-5-2-3-7-20(17)28-22/h2-3,5,7-9,12-13,18H,4,6,10-11H2,1H3. The molecule has 0 N–H and O–H groups in total. The number of hydrogen-bond donors (Lipinski definition) is 0. The molecule has 28 heavy (non-hydrogen) atoms. The second-order valence-electron chi connectivity index (χ2n) is 7.06. The van der Waals surface area contributed by atoms with Crippen molar-refractivity contribution in [3.8, 4) is 5.75 Å². The van der Waals surface area contributed by atoms with Crippen LogP contribution in [0.25, 0.3) is 21.2 Å². The average molecular weight is 392 g/mol. The van der Waals surface area contributed by atoms with E-state index < -0.39 is 0 Å². The van der Waals surface area contributed by atoms with E-state index in [1.807, 2.05) is 41.3 Å². The third kappa shape index (κ3) is 2.94. The van der Waals surface area contributed by atoms with E-state index in [4.69, 9.17) is 14.1 Å². The van der Waals surface area contributed by atoms with Crippen molar-refractivity contribution in [3.63, 3.8) is 0 Å². The molecule has 3 heterocycles. The van der Waals surface area contributed by atoms with Crippen LogP contribution in [0.3, 0.4) is 0 Å². The minimum atomic E-state index is 0.0724. The predicted octanol–water partition coefficient (Wildman–Crippen LogP) is 4.96. The normalized spacial score (nSPS) is 16.9. The van der Waals surface area contributed by atoms with Crippen molar-refractivity contribution in [3.05, 3.63) is 59.3 Å². The van der Waals surface area contributed by atoms with Gasteiger partial charge in [0.15, 0.2) is 0 Å². The van der Waals surface area contributed by atoms with Crippen LogP contribution in [0, 0.1) is 0 Å². The maximum atomic E-state index is 13.1. The van der Waals surface area contributed by atoms with Gasteiger partial charge in [0.25, 0.3) is 0 Å². The van der Waals surface area contributed by atoms with Gasteiger partial charge < -0.3 is 14.1 Å². The van der Waals surface area contributed by atoms with Gasteiger partial charge in [0, 0.05) is 23.6 Å². The Morgan fingerprint density at radius 3 is 3.07 bits per heavy atom. The number of thiazole rings is 1. The summed E-state index contributed by atoms with van der Waals surface area (Å²) >= 11 is 1.69. The number of hydrogen-bond acceptors (Lipinski definition) is 5. The van der Waals surface area contributed by atoms with Gasteiger partial charge in [-0.1, -0.05) is 12.1 Å². The number of ether oxygens (including phenoxy) is 1. The van der Waals surface area contributed by atoms with E-state index in [9.17, 15) is 4.79 Å². The molecular weight excluding hydrogens is 372 g/mol. The highest BCUT2D eigenvalue weighted by molar-refractivity contribution is 7.18. The van der Waals surface area contributed by atoms with E-state index >= 15 is 0 Å². The number of fused-ring (bicyclic) bond motifs is 2. The molecule has 5 nitrogen and oxygen atoms in total. The van der Waals surface area contributed by atoms with Gasteiger partial charge in [0.1, 0.15) is 16.3 Å². The van der Waals surface area contributed by atoms with Crippen LogP contribution >= 0.6 is 11.3 Å². The number of carbonyl (C=O) groups is 1. The largest absolute Gasteiger partial charge is 0.497 e. The summed E-state index contributed by atoms with van der Waals surface area (Å²) in [4.78, 5) is 19.9. The number of para-hydroxylation sites is 1. The van der Waals surface area contributed by atoms with Crippen LogP contribution in [0.1, 0.15) is 29.5 Å². The first kappa shape index (κ1) is 17.3. The third-order valence-electron chi connectivity index (χ3n) is 5.37. The molecule has 142 valence electrons. The maximum absolute atomic E-state index is 13.1. The average Bonchev–Trinajstić information content (AvgIpc) is 3.45. The Hall–Kier alpha value is -2.86. The lowest BCUT2D eigenvalue weighted by atomic mass is 10.1. The molecule has 1 aliphatic rings. The molecule has 1 unspecified atom stereocenters. The van der Waals surface area contributed by atoms with Crippen molar-refractivity contribution in [2.45, 2.75) is 25.3 Å². The van der Waals surface area contributed by atoms with Crippen molar-refractivity contribution >= 4 is 38.4 Å². The number of rotatable bonds is 4. The monoisotopic (exact) mass is 392 g/mol. The summed E-state index contributed by atoms with van der Waals surface area (Å²) in [5, 5.41) is 2.00. The van der Waals surface area contributed by atoms with Crippen molar-refractivity contribution in [2.75, 3.05) is 13.7 Å². The molecule has 1 aliphatic heterocycles. The van der Waals surface area contributed by atoms with Gasteiger partial charge in [-0.2, -0.15) is 0 Å². The number of furan rings is 1. The lowest BCUT2D eigenvalue weighted by Crippen LogP contribution is -2.31. The number of aromatic nitrogens is 1. The Kier molecular flexibility index (Phi) is 4.28. The fraction of sp³-hybridized carbons (Fsp3) is 0.273. The van der Waals surface area contributed by atoms with Gasteiger partial charge in [0.2, 0.25) is 5.91 Å². The molecule has 2 aromatic carbocycles. The fourth-order valence-electron chi connectivity index (χ4n) is 3.95. The molecule has 1 atom stereocenters. The van der Waals surface area contributed by atoms with E-state index in [0.29, 0.717) is 6.42 Å². The number of amides is 1. The molecule has 0 saturated carbocycles. The molecule has 0 spiro atoms. The molecule has 1 amide bonds. The van der Waals surface area contributed by atoms with Gasteiger partial charge in [0.05, 0.1) is 36.1 Å². The summed E-state index contributed by atoms with van der Waals surface area (Å²) < 4.78 is 12.1. The quantitative estimate of drug-likeness (QED) is 0.493. The molecule has 2 aromatic heterocycles. The highest BCUT2D eigenvalue weighted by atomic mass is 32.1. The minimum Gasteiger partial charge on any atom is -0.497 e. The first-order chi connectivity index (χ1) is 13.7. The summed E-state index contributed by atoms with van der Waals surface area (Å²) in [6.45, 7) is 0.781. The van der Waals surface area contributed by atoms with Crippen molar-refractivity contribution in [1.82, 2.24) is 9.88 Å². The Morgan fingerprint density at radius 2 is 2.21 bits per heavy atom. The van der Waals surface area contributed by atoms with Gasteiger partial charge in [-0.15, -0.1) is 11.3 Å². The Labute approximate surface area is 166 Å². The molecule has 5 rings (SSSR count). The van der Waals surface area contributed by atoms with E-state index in [1.165, 1.54) is 4.70 Å². The van der Waals surface area contributed by atoms with Crippen LogP contribution in [0.15, 0.2) is 53.1 Å². The zero-order chi connectivity index (χ0) is 19.1. The first-order valence-corrected chi connectivity index (χ1v) is 10.2. The number of carbonyl (C=O) groups excluding carboxylic acids is 1. The van der Waals surface area contributed by atoms with Crippen molar-refractivity contribution < 1.29 is 13.9 Å². The molecule has 1 fully saturated rings. The van der Waals surface area contributed by atoms with E-state index in [1.54, 1.807) is 24.7 Å². The Morgan fingerprint density at radius 1 is 1.32 bits per heavy atom. The minimum absolute atomic E-state index is 0.0724. The van der Waals surface area contributed by atoms with E-state index in [0.717, 1.165) is 52.2 Å². The zero-order valence-electron chi connectivity index (χ0n) is 15.6. The smallest absolute Gasteiger partial charge is 0.227 e. The van der Waals surface area contributed by atoms with Crippen LogP contribution in [0.2, 0.25) is 0 Å². The van der Waals surface area contributed by atoms with Crippen LogP contribution in [0.4, 0.5) is 0 Å². The van der Waals surface area contributed by atoms with Crippen molar-refractivity contribution in [2.24, 2.45) is 0 Å². The Bertz CT molecular complexity index is 1130. The molecule has 0 bridgehead atoms. The maximum Gasteiger partial charge on any atom is 0.227 e. The number of benzene rings is 2. The second-order valence-corrected chi connectivity index (χ2v) is 8.13. The van der Waals surface area contributed by atoms with Gasteiger partial charge in [-0.25, -0.2) is 4.98 Å². The SMILES string of the molecule is COc1ccc2c(CC(=O)N3CCCC3c3nc4ccccc4s3)coc2c1. The summed E-state index contributed by atoms with van der Waals surface area (Å²) in [6.07, 6.45) is 4.00. The first-order valence-electron chi connectivity index (χ1n) is 9.42. The number of likely N-dealkylation sites (tertiary alicyclic amines) is 1. The van der Waals surface area contributed by atoms with Crippen LogP contribution < -0.4 is 4.74 Å². The van der Waals surface area contributed by atoms with Crippen LogP contribution in [0.5, 0.6) is 5.75 Å². The van der Waals surface area contributed by atoms with Gasteiger partial charge in [-0.3, -0.25) is 4.79 Å². The lowest BCUT2D eigenvalue weighted by molar-refractivity contribution is -0.131. The highest BCUT2D eigenvalue weighted by Crippen LogP contribution is 2.37. The summed E-state index contributed by atoms with van der Waals surface area (Å²) in [5.74, 6) is 0.871. The highest BCUT2D eigenvalue weighted by Gasteiger charge is 2.32. The molecule has 6 heteroatoms. The zero-order valence-corrected chi connectivity index (χ0v) is 16.4. The predicted molar refractivity (Wildman–Crippen MR) is 110 cm³/mol. The second kappa shape index (κ2) is 6.95. The third-order valence-corrected chi connectivity index (χ3v) is 6.51. The van der Waals surface area contributed by atoms with Gasteiger partial charge in [-0.05, 0) is 37.1 Å². The van der Waals surface area contributed by atoms with E-state index in [2.05, 4.69) is 6.07 Å². The molecular formula is C22H20N2O3S. The molecule has 4 aromatic rings. The van der Waals surface area contributed by atoms with Crippen LogP contribution in [-0.4, -0.2) is 29.4 Å².